The Hall–Kier alpha value is -3.34. The number of anilines is 1. The van der Waals surface area contributed by atoms with Gasteiger partial charge in [-0.25, -0.2) is 0 Å². The van der Waals surface area contributed by atoms with E-state index in [2.05, 4.69) is 5.32 Å². The minimum atomic E-state index is -0.668. The summed E-state index contributed by atoms with van der Waals surface area (Å²) >= 11 is 0. The monoisotopic (exact) mass is 334 g/mol. The molecule has 3 aromatic rings. The van der Waals surface area contributed by atoms with Crippen LogP contribution in [0.5, 0.6) is 5.75 Å². The Labute approximate surface area is 145 Å². The molecule has 1 aromatic heterocycles. The lowest BCUT2D eigenvalue weighted by Gasteiger charge is -2.09. The molecule has 0 saturated carbocycles. The van der Waals surface area contributed by atoms with Crippen molar-refractivity contribution in [2.24, 2.45) is 0 Å². The van der Waals surface area contributed by atoms with E-state index < -0.39 is 11.7 Å². The van der Waals surface area contributed by atoms with Gasteiger partial charge in [-0.05, 0) is 42.0 Å². The van der Waals surface area contributed by atoms with Crippen molar-refractivity contribution in [3.63, 3.8) is 0 Å². The van der Waals surface area contributed by atoms with E-state index in [4.69, 9.17) is 4.74 Å². The number of nitrogens with zero attached hydrogens (tertiary/aromatic N) is 1. The predicted octanol–water partition coefficient (Wildman–Crippen LogP) is 3.37. The fourth-order valence-corrected chi connectivity index (χ4v) is 2.52. The molecule has 1 amide bonds. The molecule has 0 bridgehead atoms. The Morgan fingerprint density at radius 2 is 1.68 bits per heavy atom. The summed E-state index contributed by atoms with van der Waals surface area (Å²) < 4.78 is 6.84. The maximum Gasteiger partial charge on any atom is 0.298 e. The van der Waals surface area contributed by atoms with E-state index >= 15 is 0 Å². The van der Waals surface area contributed by atoms with Crippen LogP contribution in [0.3, 0.4) is 0 Å². The molecule has 25 heavy (non-hydrogen) atoms. The van der Waals surface area contributed by atoms with Gasteiger partial charge in [0.15, 0.2) is 0 Å². The van der Waals surface area contributed by atoms with Crippen molar-refractivity contribution < 1.29 is 14.3 Å². The number of ether oxygens (including phenoxy) is 1. The van der Waals surface area contributed by atoms with Crippen LogP contribution < -0.4 is 10.1 Å². The summed E-state index contributed by atoms with van der Waals surface area (Å²) in [7, 11) is 1.57. The highest BCUT2D eigenvalue weighted by Gasteiger charge is 2.19. The third kappa shape index (κ3) is 3.95. The van der Waals surface area contributed by atoms with Gasteiger partial charge in [0.1, 0.15) is 5.75 Å². The first-order valence-corrected chi connectivity index (χ1v) is 7.86. The third-order valence-corrected chi connectivity index (χ3v) is 3.81. The summed E-state index contributed by atoms with van der Waals surface area (Å²) in [5, 5.41) is 2.61. The van der Waals surface area contributed by atoms with E-state index in [-0.39, 0.29) is 0 Å². The Morgan fingerprint density at radius 3 is 2.36 bits per heavy atom. The third-order valence-electron chi connectivity index (χ3n) is 3.81. The highest BCUT2D eigenvalue weighted by molar-refractivity contribution is 6.46. The first-order chi connectivity index (χ1) is 12.2. The number of methoxy groups -OCH3 is 1. The van der Waals surface area contributed by atoms with Gasteiger partial charge in [-0.3, -0.25) is 9.59 Å². The van der Waals surface area contributed by atoms with Gasteiger partial charge >= 0.3 is 0 Å². The number of amides is 1. The van der Waals surface area contributed by atoms with Crippen LogP contribution in [0.15, 0.2) is 72.9 Å². The Kier molecular flexibility index (Phi) is 4.95. The highest BCUT2D eigenvalue weighted by Crippen LogP contribution is 2.16. The molecule has 5 nitrogen and oxygen atoms in total. The summed E-state index contributed by atoms with van der Waals surface area (Å²) in [5.74, 6) is -0.559. The van der Waals surface area contributed by atoms with Gasteiger partial charge in [-0.15, -0.1) is 0 Å². The molecule has 126 valence electrons. The van der Waals surface area contributed by atoms with Crippen molar-refractivity contribution in [3.8, 4) is 5.75 Å². The summed E-state index contributed by atoms with van der Waals surface area (Å²) in [6.45, 7) is 0.532. The van der Waals surface area contributed by atoms with Crippen molar-refractivity contribution in [1.82, 2.24) is 4.57 Å². The summed E-state index contributed by atoms with van der Waals surface area (Å²) in [6.07, 6.45) is 1.79. The van der Waals surface area contributed by atoms with Crippen molar-refractivity contribution in [3.05, 3.63) is 84.2 Å². The van der Waals surface area contributed by atoms with Gasteiger partial charge in [0.05, 0.1) is 12.8 Å². The molecule has 0 aliphatic carbocycles. The van der Waals surface area contributed by atoms with Crippen LogP contribution >= 0.6 is 0 Å². The molecule has 1 N–H and O–H groups in total. The fourth-order valence-electron chi connectivity index (χ4n) is 2.52. The number of carbonyl (C=O) groups excluding carboxylic acids is 2. The standard InChI is InChI=1S/C20H18N2O3/c1-25-17-11-9-16(10-12-17)21-20(24)19(23)18-8-5-13-22(18)14-15-6-3-2-4-7-15/h2-13H,14H2,1H3,(H,21,24). The van der Waals surface area contributed by atoms with E-state index in [1.807, 2.05) is 30.3 Å². The molecule has 5 heteroatoms. The van der Waals surface area contributed by atoms with Crippen LogP contribution in [-0.4, -0.2) is 23.4 Å². The fraction of sp³-hybridized carbons (Fsp3) is 0.100. The number of Topliss-reactive ketones (excluding diaryl/α,β-unsaturated/α-hetero) is 1. The number of hydrogen-bond acceptors (Lipinski definition) is 3. The van der Waals surface area contributed by atoms with Crippen molar-refractivity contribution in [1.29, 1.82) is 0 Å². The number of carbonyl (C=O) groups is 2. The molecule has 3 rings (SSSR count). The molecule has 0 aliphatic heterocycles. The number of aromatic nitrogens is 1. The summed E-state index contributed by atoms with van der Waals surface area (Å²) in [6, 6.07) is 20.0. The zero-order chi connectivity index (χ0) is 17.6. The first kappa shape index (κ1) is 16.5. The van der Waals surface area contributed by atoms with Crippen molar-refractivity contribution in [2.45, 2.75) is 6.54 Å². The SMILES string of the molecule is COc1ccc(NC(=O)C(=O)c2cccn2Cc2ccccc2)cc1. The molecule has 0 aliphatic rings. The molecule has 0 saturated heterocycles. The maximum absolute atomic E-state index is 12.5. The Balaban J connectivity index is 1.72. The zero-order valence-electron chi connectivity index (χ0n) is 13.8. The van der Waals surface area contributed by atoms with E-state index in [0.29, 0.717) is 23.7 Å². The second-order valence-electron chi connectivity index (χ2n) is 5.52. The average Bonchev–Trinajstić information content (AvgIpc) is 3.10. The normalized spacial score (nSPS) is 10.3. The summed E-state index contributed by atoms with van der Waals surface area (Å²) in [5.41, 5.74) is 1.96. The predicted molar refractivity (Wildman–Crippen MR) is 95.9 cm³/mol. The molecule has 0 spiro atoms. The van der Waals surface area contributed by atoms with Gasteiger partial charge in [-0.1, -0.05) is 30.3 Å². The number of rotatable bonds is 6. The molecule has 0 fully saturated rings. The van der Waals surface area contributed by atoms with Gasteiger partial charge in [-0.2, -0.15) is 0 Å². The van der Waals surface area contributed by atoms with E-state index in [9.17, 15) is 9.59 Å². The van der Waals surface area contributed by atoms with E-state index in [0.717, 1.165) is 5.56 Å². The Bertz CT molecular complexity index is 867. The smallest absolute Gasteiger partial charge is 0.298 e. The van der Waals surface area contributed by atoms with Crippen LogP contribution in [0.4, 0.5) is 5.69 Å². The largest absolute Gasteiger partial charge is 0.497 e. The zero-order valence-corrected chi connectivity index (χ0v) is 13.8. The highest BCUT2D eigenvalue weighted by atomic mass is 16.5. The second kappa shape index (κ2) is 7.49. The first-order valence-electron chi connectivity index (χ1n) is 7.86. The van der Waals surface area contributed by atoms with Gasteiger partial charge in [0, 0.05) is 18.4 Å². The quantitative estimate of drug-likeness (QED) is 0.555. The number of benzene rings is 2. The topological polar surface area (TPSA) is 60.3 Å². The molecule has 0 atom stereocenters. The molecule has 1 heterocycles. The molecule has 2 aromatic carbocycles. The second-order valence-corrected chi connectivity index (χ2v) is 5.52. The van der Waals surface area contributed by atoms with E-state index in [1.54, 1.807) is 54.3 Å². The molecular weight excluding hydrogens is 316 g/mol. The van der Waals surface area contributed by atoms with Crippen LogP contribution in [0, 0.1) is 0 Å². The minimum Gasteiger partial charge on any atom is -0.497 e. The summed E-state index contributed by atoms with van der Waals surface area (Å²) in [4.78, 5) is 24.8. The average molecular weight is 334 g/mol. The molecular formula is C20H18N2O3. The minimum absolute atomic E-state index is 0.356. The van der Waals surface area contributed by atoms with Crippen LogP contribution in [0.1, 0.15) is 16.1 Å². The van der Waals surface area contributed by atoms with Gasteiger partial charge < -0.3 is 14.6 Å². The van der Waals surface area contributed by atoms with Crippen LogP contribution in [0.25, 0.3) is 0 Å². The molecule has 0 unspecified atom stereocenters. The maximum atomic E-state index is 12.5. The number of nitrogens with one attached hydrogen (secondary N) is 1. The Morgan fingerprint density at radius 1 is 0.960 bits per heavy atom. The lowest BCUT2D eigenvalue weighted by molar-refractivity contribution is -0.112. The number of hydrogen-bond donors (Lipinski definition) is 1. The van der Waals surface area contributed by atoms with E-state index in [1.165, 1.54) is 0 Å². The van der Waals surface area contributed by atoms with Gasteiger partial charge in [0.25, 0.3) is 11.7 Å². The van der Waals surface area contributed by atoms with Gasteiger partial charge in [0.2, 0.25) is 0 Å². The van der Waals surface area contributed by atoms with Crippen LogP contribution in [0.2, 0.25) is 0 Å². The number of ketones is 1. The van der Waals surface area contributed by atoms with Crippen molar-refractivity contribution >= 4 is 17.4 Å². The molecule has 0 radical (unpaired) electrons. The lowest BCUT2D eigenvalue weighted by Crippen LogP contribution is -2.25. The van der Waals surface area contributed by atoms with Crippen LogP contribution in [-0.2, 0) is 11.3 Å². The lowest BCUT2D eigenvalue weighted by atomic mass is 10.2. The van der Waals surface area contributed by atoms with Crippen molar-refractivity contribution in [2.75, 3.05) is 12.4 Å².